The number of ether oxygens (including phenoxy) is 2. The van der Waals surface area contributed by atoms with Crippen LogP contribution in [0.25, 0.3) is 0 Å². The second kappa shape index (κ2) is 5.13. The van der Waals surface area contributed by atoms with Crippen LogP contribution in [0.15, 0.2) is 22.7 Å². The van der Waals surface area contributed by atoms with Crippen molar-refractivity contribution in [3.63, 3.8) is 0 Å². The Hall–Kier alpha value is -0.910. The van der Waals surface area contributed by atoms with Crippen molar-refractivity contribution in [2.24, 2.45) is 5.92 Å². The molecule has 4 nitrogen and oxygen atoms in total. The van der Waals surface area contributed by atoms with Gasteiger partial charge in [0.15, 0.2) is 0 Å². The van der Waals surface area contributed by atoms with E-state index in [0.717, 1.165) is 22.1 Å². The molecule has 0 atom stereocenters. The lowest BCUT2D eigenvalue weighted by molar-refractivity contribution is -0.180. The second-order valence-electron chi connectivity index (χ2n) is 5.61. The number of carbonyl (C=O) groups is 1. The fraction of sp³-hybridized carbons (Fsp3) is 0.533. The zero-order chi connectivity index (χ0) is 14.3. The lowest BCUT2D eigenvalue weighted by Gasteiger charge is -2.22. The lowest BCUT2D eigenvalue weighted by atomic mass is 10.1. The summed E-state index contributed by atoms with van der Waals surface area (Å²) in [5, 5.41) is 0. The Morgan fingerprint density at radius 1 is 1.35 bits per heavy atom. The Kier molecular flexibility index (Phi) is 3.60. The van der Waals surface area contributed by atoms with Gasteiger partial charge in [-0.05, 0) is 30.5 Å². The second-order valence-corrected chi connectivity index (χ2v) is 6.53. The highest BCUT2D eigenvalue weighted by Crippen LogP contribution is 2.46. The van der Waals surface area contributed by atoms with Crippen molar-refractivity contribution in [2.75, 3.05) is 24.7 Å². The number of anilines is 1. The van der Waals surface area contributed by atoms with Gasteiger partial charge in [-0.2, -0.15) is 0 Å². The van der Waals surface area contributed by atoms with Crippen LogP contribution in [0.5, 0.6) is 0 Å². The lowest BCUT2D eigenvalue weighted by Crippen LogP contribution is -2.41. The van der Waals surface area contributed by atoms with Gasteiger partial charge >= 0.3 is 0 Å². The normalized spacial score (nSPS) is 20.2. The number of nitrogens with zero attached hydrogens (tertiary/aromatic N) is 1. The summed E-state index contributed by atoms with van der Waals surface area (Å²) in [4.78, 5) is 14.6. The van der Waals surface area contributed by atoms with Gasteiger partial charge in [0.25, 0.3) is 11.7 Å². The quantitative estimate of drug-likeness (QED) is 0.849. The fourth-order valence-corrected chi connectivity index (χ4v) is 3.07. The van der Waals surface area contributed by atoms with E-state index in [9.17, 15) is 4.79 Å². The van der Waals surface area contributed by atoms with Gasteiger partial charge in [-0.15, -0.1) is 0 Å². The van der Waals surface area contributed by atoms with Crippen LogP contribution >= 0.6 is 15.9 Å². The number of fused-ring (bicyclic) bond motifs is 2. The maximum absolute atomic E-state index is 12.8. The molecule has 0 unspecified atom stereocenters. The van der Waals surface area contributed by atoms with E-state index in [-0.39, 0.29) is 5.91 Å². The number of hydrogen-bond acceptors (Lipinski definition) is 3. The van der Waals surface area contributed by atoms with Gasteiger partial charge in [0, 0.05) is 16.6 Å². The van der Waals surface area contributed by atoms with Crippen LogP contribution in [0.4, 0.5) is 5.69 Å². The molecule has 108 valence electrons. The molecule has 1 spiro atoms. The first-order valence-electron chi connectivity index (χ1n) is 6.94. The largest absolute Gasteiger partial charge is 0.336 e. The van der Waals surface area contributed by atoms with Crippen LogP contribution in [0, 0.1) is 5.92 Å². The van der Waals surface area contributed by atoms with E-state index in [0.29, 0.717) is 25.7 Å². The van der Waals surface area contributed by atoms with E-state index in [4.69, 9.17) is 9.47 Å². The molecule has 1 aromatic carbocycles. The molecule has 2 aliphatic rings. The number of rotatable bonds is 3. The Balaban J connectivity index is 2.01. The van der Waals surface area contributed by atoms with Crippen molar-refractivity contribution in [2.45, 2.75) is 26.1 Å². The summed E-state index contributed by atoms with van der Waals surface area (Å²) < 4.78 is 12.3. The molecule has 0 saturated carbocycles. The van der Waals surface area contributed by atoms with E-state index in [1.54, 1.807) is 4.90 Å². The molecule has 3 rings (SSSR count). The van der Waals surface area contributed by atoms with E-state index in [1.807, 2.05) is 18.2 Å². The maximum atomic E-state index is 12.8. The number of halogens is 1. The molecule has 0 N–H and O–H groups in total. The minimum absolute atomic E-state index is 0.0937. The first-order chi connectivity index (χ1) is 9.54. The molecular formula is C15H18BrNO3. The van der Waals surface area contributed by atoms with Crippen molar-refractivity contribution < 1.29 is 14.3 Å². The third kappa shape index (κ3) is 2.08. The minimum atomic E-state index is -1.21. The van der Waals surface area contributed by atoms with Crippen molar-refractivity contribution in [3.05, 3.63) is 28.2 Å². The summed E-state index contributed by atoms with van der Waals surface area (Å²) in [5.41, 5.74) is 1.72. The Morgan fingerprint density at radius 3 is 2.70 bits per heavy atom. The fourth-order valence-electron chi connectivity index (χ4n) is 2.71. The first kappa shape index (κ1) is 14.0. The van der Waals surface area contributed by atoms with Crippen molar-refractivity contribution >= 4 is 27.5 Å². The molecule has 5 heteroatoms. The Bertz CT molecular complexity index is 538. The molecule has 2 heterocycles. The van der Waals surface area contributed by atoms with Crippen LogP contribution in [0.1, 0.15) is 25.8 Å². The SMILES string of the molecule is CC(C)CCN1C(=O)C2(OCCO2)c2cc(Br)ccc21. The third-order valence-corrected chi connectivity index (χ3v) is 4.25. The molecule has 1 amide bonds. The number of benzene rings is 1. The smallest absolute Gasteiger partial charge is 0.292 e. The first-order valence-corrected chi connectivity index (χ1v) is 7.74. The van der Waals surface area contributed by atoms with Gasteiger partial charge in [-0.3, -0.25) is 4.79 Å². The highest BCUT2D eigenvalue weighted by molar-refractivity contribution is 9.10. The predicted octanol–water partition coefficient (Wildman–Crippen LogP) is 3.04. The molecule has 0 bridgehead atoms. The number of hydrogen-bond donors (Lipinski definition) is 0. The highest BCUT2D eigenvalue weighted by atomic mass is 79.9. The highest BCUT2D eigenvalue weighted by Gasteiger charge is 2.55. The summed E-state index contributed by atoms with van der Waals surface area (Å²) in [5.74, 6) is -0.761. The summed E-state index contributed by atoms with van der Waals surface area (Å²) in [6, 6.07) is 5.83. The van der Waals surface area contributed by atoms with Gasteiger partial charge in [0.05, 0.1) is 18.9 Å². The summed E-state index contributed by atoms with van der Waals surface area (Å²) >= 11 is 3.46. The van der Waals surface area contributed by atoms with E-state index >= 15 is 0 Å². The average molecular weight is 340 g/mol. The number of amides is 1. The minimum Gasteiger partial charge on any atom is -0.336 e. The van der Waals surface area contributed by atoms with Gasteiger partial charge in [0.2, 0.25) is 0 Å². The summed E-state index contributed by atoms with van der Waals surface area (Å²) in [7, 11) is 0. The van der Waals surface area contributed by atoms with Gasteiger partial charge in [0.1, 0.15) is 0 Å². The molecular weight excluding hydrogens is 322 g/mol. The molecule has 0 aliphatic carbocycles. The molecule has 1 aromatic rings. The van der Waals surface area contributed by atoms with Crippen LogP contribution < -0.4 is 4.90 Å². The zero-order valence-electron chi connectivity index (χ0n) is 11.7. The maximum Gasteiger partial charge on any atom is 0.292 e. The average Bonchev–Trinajstić information content (AvgIpc) is 2.97. The molecule has 1 saturated heterocycles. The van der Waals surface area contributed by atoms with E-state index in [2.05, 4.69) is 29.8 Å². The molecule has 0 radical (unpaired) electrons. The summed E-state index contributed by atoms with van der Waals surface area (Å²) in [6.45, 7) is 5.91. The standard InChI is InChI=1S/C15H18BrNO3/c1-10(2)5-6-17-13-4-3-11(16)9-12(13)15(14(17)18)19-7-8-20-15/h3-4,9-10H,5-8H2,1-2H3. The molecule has 2 aliphatic heterocycles. The van der Waals surface area contributed by atoms with Crippen molar-refractivity contribution in [1.29, 1.82) is 0 Å². The third-order valence-electron chi connectivity index (χ3n) is 3.75. The predicted molar refractivity (Wildman–Crippen MR) is 79.5 cm³/mol. The summed E-state index contributed by atoms with van der Waals surface area (Å²) in [6.07, 6.45) is 0.956. The molecule has 1 fully saturated rings. The van der Waals surface area contributed by atoms with E-state index in [1.165, 1.54) is 0 Å². The topological polar surface area (TPSA) is 38.8 Å². The van der Waals surface area contributed by atoms with Gasteiger partial charge in [-0.1, -0.05) is 29.8 Å². The van der Waals surface area contributed by atoms with Crippen LogP contribution in [0.2, 0.25) is 0 Å². The monoisotopic (exact) mass is 339 g/mol. The van der Waals surface area contributed by atoms with Crippen LogP contribution in [-0.2, 0) is 20.1 Å². The van der Waals surface area contributed by atoms with Crippen LogP contribution in [0.3, 0.4) is 0 Å². The molecule has 0 aromatic heterocycles. The Labute approximate surface area is 127 Å². The van der Waals surface area contributed by atoms with Crippen LogP contribution in [-0.4, -0.2) is 25.7 Å². The van der Waals surface area contributed by atoms with E-state index < -0.39 is 5.79 Å². The Morgan fingerprint density at radius 2 is 2.05 bits per heavy atom. The number of carbonyl (C=O) groups excluding carboxylic acids is 1. The van der Waals surface area contributed by atoms with Gasteiger partial charge in [-0.25, -0.2) is 0 Å². The van der Waals surface area contributed by atoms with Crippen molar-refractivity contribution in [3.8, 4) is 0 Å². The zero-order valence-corrected chi connectivity index (χ0v) is 13.3. The van der Waals surface area contributed by atoms with Gasteiger partial charge < -0.3 is 14.4 Å². The molecule has 20 heavy (non-hydrogen) atoms. The van der Waals surface area contributed by atoms with Crippen molar-refractivity contribution in [1.82, 2.24) is 0 Å².